The van der Waals surface area contributed by atoms with Crippen molar-refractivity contribution in [3.05, 3.63) is 46.7 Å². The van der Waals surface area contributed by atoms with Crippen molar-refractivity contribution in [2.45, 2.75) is 26.8 Å². The molecule has 2 rings (SSSR count). The summed E-state index contributed by atoms with van der Waals surface area (Å²) in [4.78, 5) is 28.2. The molecule has 0 spiro atoms. The number of rotatable bonds is 6. The first-order valence-electron chi connectivity index (χ1n) is 7.97. The van der Waals surface area contributed by atoms with Crippen molar-refractivity contribution in [2.24, 2.45) is 0 Å². The predicted octanol–water partition coefficient (Wildman–Crippen LogP) is 1.88. The van der Waals surface area contributed by atoms with Crippen LogP contribution < -0.4 is 9.62 Å². The number of hydrogen-bond donors (Lipinski definition) is 2. The van der Waals surface area contributed by atoms with Gasteiger partial charge >= 0.3 is 5.97 Å². The minimum atomic E-state index is -3.62. The van der Waals surface area contributed by atoms with Crippen LogP contribution in [-0.4, -0.2) is 43.7 Å². The number of hydrogen-bond acceptors (Lipinski definition) is 6. The van der Waals surface area contributed by atoms with Gasteiger partial charge in [0.1, 0.15) is 11.5 Å². The Kier molecular flexibility index (Phi) is 5.59. The minimum Gasteiger partial charge on any atom is -0.478 e. The summed E-state index contributed by atoms with van der Waals surface area (Å²) in [6.45, 7) is 5.13. The number of oxazole rings is 1. The molecular weight excluding hydrogens is 374 g/mol. The first-order chi connectivity index (χ1) is 12.4. The van der Waals surface area contributed by atoms with E-state index in [1.54, 1.807) is 20.8 Å². The number of carboxylic acid groups (broad SMARTS) is 1. The van der Waals surface area contributed by atoms with Gasteiger partial charge in [0.15, 0.2) is 5.89 Å². The summed E-state index contributed by atoms with van der Waals surface area (Å²) in [6, 6.07) is 3.20. The highest BCUT2D eigenvalue weighted by Gasteiger charge is 2.21. The number of carboxylic acids is 1. The lowest BCUT2D eigenvalue weighted by atomic mass is 10.1. The number of sulfonamides is 1. The Morgan fingerprint density at radius 2 is 1.81 bits per heavy atom. The quantitative estimate of drug-likeness (QED) is 0.763. The van der Waals surface area contributed by atoms with E-state index in [1.165, 1.54) is 25.2 Å². The molecule has 0 aliphatic carbocycles. The van der Waals surface area contributed by atoms with Gasteiger partial charge in [-0.2, -0.15) is 0 Å². The Bertz CT molecular complexity index is 996. The highest BCUT2D eigenvalue weighted by Crippen LogP contribution is 2.22. The molecule has 9 nitrogen and oxygen atoms in total. The lowest BCUT2D eigenvalue weighted by molar-refractivity contribution is 0.0697. The minimum absolute atomic E-state index is 0.0186. The van der Waals surface area contributed by atoms with Crippen LogP contribution in [0.2, 0.25) is 0 Å². The highest BCUT2D eigenvalue weighted by molar-refractivity contribution is 7.92. The summed E-state index contributed by atoms with van der Waals surface area (Å²) in [5, 5.41) is 12.0. The van der Waals surface area contributed by atoms with Crippen LogP contribution in [0.15, 0.2) is 22.6 Å². The molecule has 0 fully saturated rings. The molecule has 1 amide bonds. The molecule has 0 saturated heterocycles. The lowest BCUT2D eigenvalue weighted by Gasteiger charge is -2.19. The summed E-state index contributed by atoms with van der Waals surface area (Å²) < 4.78 is 29.8. The van der Waals surface area contributed by atoms with E-state index in [9.17, 15) is 23.1 Å². The topological polar surface area (TPSA) is 130 Å². The Balaban J connectivity index is 2.38. The van der Waals surface area contributed by atoms with Gasteiger partial charge in [0.25, 0.3) is 5.91 Å². The molecule has 0 radical (unpaired) electrons. The fourth-order valence-corrected chi connectivity index (χ4v) is 3.02. The second kappa shape index (κ2) is 7.39. The van der Waals surface area contributed by atoms with Crippen molar-refractivity contribution >= 4 is 27.6 Å². The third-order valence-electron chi connectivity index (χ3n) is 3.99. The maximum absolute atomic E-state index is 12.6. The molecule has 1 unspecified atom stereocenters. The van der Waals surface area contributed by atoms with Crippen LogP contribution in [0.5, 0.6) is 0 Å². The highest BCUT2D eigenvalue weighted by atomic mass is 32.2. The SMILES string of the molecule is Cc1nc(C(C)NC(=O)c2cc(C(=O)O)cc(N(C)S(C)(=O)=O)c2)c(C)o1. The van der Waals surface area contributed by atoms with E-state index in [1.807, 2.05) is 0 Å². The number of carbonyl (C=O) groups is 2. The third kappa shape index (κ3) is 4.64. The van der Waals surface area contributed by atoms with Crippen molar-refractivity contribution in [1.82, 2.24) is 10.3 Å². The zero-order chi connectivity index (χ0) is 20.5. The van der Waals surface area contributed by atoms with Gasteiger partial charge in [-0.3, -0.25) is 9.10 Å². The first-order valence-corrected chi connectivity index (χ1v) is 9.82. The number of amides is 1. The number of aryl methyl sites for hydroxylation is 2. The van der Waals surface area contributed by atoms with E-state index in [-0.39, 0.29) is 16.8 Å². The van der Waals surface area contributed by atoms with Crippen molar-refractivity contribution in [3.63, 3.8) is 0 Å². The predicted molar refractivity (Wildman–Crippen MR) is 98.5 cm³/mol. The number of benzene rings is 1. The van der Waals surface area contributed by atoms with Crippen LogP contribution in [0, 0.1) is 13.8 Å². The fraction of sp³-hybridized carbons (Fsp3) is 0.353. The van der Waals surface area contributed by atoms with Gasteiger partial charge in [-0.25, -0.2) is 18.2 Å². The van der Waals surface area contributed by atoms with Crippen LogP contribution >= 0.6 is 0 Å². The molecule has 0 saturated carbocycles. The van der Waals surface area contributed by atoms with Crippen LogP contribution in [0.3, 0.4) is 0 Å². The summed E-state index contributed by atoms with van der Waals surface area (Å²) in [5.41, 5.74) is 0.451. The standard InChI is InChI=1S/C17H21N3O6S/c1-9(15-10(2)26-11(3)19-15)18-16(21)12-6-13(17(22)23)8-14(7-12)20(4)27(5,24)25/h6-9H,1-5H3,(H,18,21)(H,22,23). The van der Waals surface area contributed by atoms with E-state index in [0.717, 1.165) is 10.6 Å². The van der Waals surface area contributed by atoms with E-state index < -0.39 is 27.9 Å². The number of aromatic carboxylic acids is 1. The second-order valence-electron chi connectivity index (χ2n) is 6.17. The summed E-state index contributed by atoms with van der Waals surface area (Å²) in [6.07, 6.45) is 0.984. The van der Waals surface area contributed by atoms with E-state index in [0.29, 0.717) is 17.3 Å². The maximum atomic E-state index is 12.6. The monoisotopic (exact) mass is 395 g/mol. The Morgan fingerprint density at radius 1 is 1.22 bits per heavy atom. The molecule has 1 heterocycles. The molecular formula is C17H21N3O6S. The Labute approximate surface area is 157 Å². The van der Waals surface area contributed by atoms with Gasteiger partial charge in [0, 0.05) is 19.5 Å². The summed E-state index contributed by atoms with van der Waals surface area (Å²) in [7, 11) is -2.34. The van der Waals surface area contributed by atoms with Crippen molar-refractivity contribution in [1.29, 1.82) is 0 Å². The normalized spacial score (nSPS) is 12.5. The van der Waals surface area contributed by atoms with Crippen molar-refractivity contribution in [3.8, 4) is 0 Å². The van der Waals surface area contributed by atoms with Gasteiger partial charge in [0.2, 0.25) is 10.0 Å². The molecule has 0 bridgehead atoms. The molecule has 2 aromatic rings. The number of aromatic nitrogens is 1. The molecule has 0 aliphatic heterocycles. The summed E-state index contributed by atoms with van der Waals surface area (Å²) in [5.74, 6) is -0.803. The van der Waals surface area contributed by atoms with Gasteiger partial charge in [-0.1, -0.05) is 0 Å². The molecule has 1 atom stereocenters. The molecule has 10 heteroatoms. The second-order valence-corrected chi connectivity index (χ2v) is 8.19. The largest absolute Gasteiger partial charge is 0.478 e. The van der Waals surface area contributed by atoms with Gasteiger partial charge in [0.05, 0.1) is 23.5 Å². The molecule has 0 aliphatic rings. The number of carbonyl (C=O) groups excluding carboxylic acids is 1. The zero-order valence-electron chi connectivity index (χ0n) is 15.6. The summed E-state index contributed by atoms with van der Waals surface area (Å²) >= 11 is 0. The van der Waals surface area contributed by atoms with Crippen LogP contribution in [0.4, 0.5) is 5.69 Å². The van der Waals surface area contributed by atoms with Crippen LogP contribution in [0.1, 0.15) is 51.0 Å². The van der Waals surface area contributed by atoms with E-state index >= 15 is 0 Å². The molecule has 146 valence electrons. The van der Waals surface area contributed by atoms with Crippen LogP contribution in [0.25, 0.3) is 0 Å². The third-order valence-corrected chi connectivity index (χ3v) is 5.19. The van der Waals surface area contributed by atoms with Gasteiger partial charge in [-0.15, -0.1) is 0 Å². The Morgan fingerprint density at radius 3 is 2.30 bits per heavy atom. The van der Waals surface area contributed by atoms with E-state index in [2.05, 4.69) is 10.3 Å². The van der Waals surface area contributed by atoms with Gasteiger partial charge in [-0.05, 0) is 32.0 Å². The fourth-order valence-electron chi connectivity index (χ4n) is 2.53. The zero-order valence-corrected chi connectivity index (χ0v) is 16.4. The average Bonchev–Trinajstić information content (AvgIpc) is 2.91. The van der Waals surface area contributed by atoms with E-state index in [4.69, 9.17) is 4.42 Å². The average molecular weight is 395 g/mol. The molecule has 27 heavy (non-hydrogen) atoms. The van der Waals surface area contributed by atoms with Crippen molar-refractivity contribution < 1.29 is 27.5 Å². The lowest BCUT2D eigenvalue weighted by Crippen LogP contribution is -2.29. The molecule has 2 N–H and O–H groups in total. The van der Waals surface area contributed by atoms with Crippen molar-refractivity contribution in [2.75, 3.05) is 17.6 Å². The smallest absolute Gasteiger partial charge is 0.335 e. The maximum Gasteiger partial charge on any atom is 0.335 e. The number of nitrogens with zero attached hydrogens (tertiary/aromatic N) is 2. The molecule has 1 aromatic carbocycles. The first kappa shape index (κ1) is 20.4. The number of nitrogens with one attached hydrogen (secondary N) is 1. The van der Waals surface area contributed by atoms with Crippen LogP contribution in [-0.2, 0) is 10.0 Å². The van der Waals surface area contributed by atoms with Gasteiger partial charge < -0.3 is 14.8 Å². The molecule has 1 aromatic heterocycles. The number of anilines is 1. The Hall–Kier alpha value is -2.88.